The summed E-state index contributed by atoms with van der Waals surface area (Å²) < 4.78 is 13.9. The number of urea groups is 1. The maximum absolute atomic E-state index is 13.1. The summed E-state index contributed by atoms with van der Waals surface area (Å²) in [5.41, 5.74) is 2.20. The molecule has 0 radical (unpaired) electrons. The van der Waals surface area contributed by atoms with E-state index in [1.54, 1.807) is 9.80 Å². The van der Waals surface area contributed by atoms with Gasteiger partial charge in [0.25, 0.3) is 5.91 Å². The molecule has 1 aliphatic heterocycles. The van der Waals surface area contributed by atoms with Crippen molar-refractivity contribution >= 4 is 33.6 Å². The summed E-state index contributed by atoms with van der Waals surface area (Å²) in [7, 11) is 0. The lowest BCUT2D eigenvalue weighted by Gasteiger charge is -2.23. The van der Waals surface area contributed by atoms with Crippen molar-refractivity contribution in [3.8, 4) is 0 Å². The largest absolute Gasteiger partial charge is 0.337 e. The van der Waals surface area contributed by atoms with Gasteiger partial charge in [0.15, 0.2) is 0 Å². The fourth-order valence-electron chi connectivity index (χ4n) is 3.02. The number of hydrogen-bond acceptors (Lipinski definition) is 2. The SMILES string of the molecule is Cc1ccc(Br)cc1NC(=O)N1CCCN(C(=O)c2ccc(F)cc2)CC1. The number of halogens is 2. The normalized spacial score (nSPS) is 14.6. The molecule has 0 bridgehead atoms. The summed E-state index contributed by atoms with van der Waals surface area (Å²) in [5.74, 6) is -0.506. The molecule has 1 N–H and O–H groups in total. The number of amides is 3. The zero-order valence-electron chi connectivity index (χ0n) is 15.0. The molecule has 1 aliphatic rings. The van der Waals surface area contributed by atoms with Crippen LogP contribution in [0, 0.1) is 12.7 Å². The molecular weight excluding hydrogens is 413 g/mol. The van der Waals surface area contributed by atoms with Crippen LogP contribution >= 0.6 is 15.9 Å². The van der Waals surface area contributed by atoms with Crippen molar-refractivity contribution in [1.82, 2.24) is 9.80 Å². The average Bonchev–Trinajstić information content (AvgIpc) is 2.91. The number of anilines is 1. The lowest BCUT2D eigenvalue weighted by Crippen LogP contribution is -2.39. The summed E-state index contributed by atoms with van der Waals surface area (Å²) in [4.78, 5) is 28.6. The van der Waals surface area contributed by atoms with Crippen LogP contribution in [0.5, 0.6) is 0 Å². The Hall–Kier alpha value is -2.41. The Labute approximate surface area is 166 Å². The molecule has 0 aromatic heterocycles. The van der Waals surface area contributed by atoms with Crippen LogP contribution in [0.15, 0.2) is 46.9 Å². The van der Waals surface area contributed by atoms with Crippen molar-refractivity contribution in [2.24, 2.45) is 0 Å². The number of hydrogen-bond donors (Lipinski definition) is 1. The third-order valence-electron chi connectivity index (χ3n) is 4.60. The highest BCUT2D eigenvalue weighted by molar-refractivity contribution is 9.10. The molecule has 142 valence electrons. The van der Waals surface area contributed by atoms with Crippen LogP contribution in [-0.2, 0) is 0 Å². The van der Waals surface area contributed by atoms with Crippen molar-refractivity contribution in [3.63, 3.8) is 0 Å². The quantitative estimate of drug-likeness (QED) is 0.768. The summed E-state index contributed by atoms with van der Waals surface area (Å²) in [6, 6.07) is 11.1. The highest BCUT2D eigenvalue weighted by atomic mass is 79.9. The van der Waals surface area contributed by atoms with Crippen LogP contribution in [0.25, 0.3) is 0 Å². The molecule has 1 heterocycles. The Kier molecular flexibility index (Phi) is 6.11. The molecule has 0 unspecified atom stereocenters. The standard InChI is InChI=1S/C20H21BrFN3O2/c1-14-3-6-16(21)13-18(14)23-20(27)25-10-2-9-24(11-12-25)19(26)15-4-7-17(22)8-5-15/h3-8,13H,2,9-12H2,1H3,(H,23,27). The molecule has 1 fully saturated rings. The van der Waals surface area contributed by atoms with Crippen LogP contribution in [0.2, 0.25) is 0 Å². The number of rotatable bonds is 2. The van der Waals surface area contributed by atoms with Gasteiger partial charge in [0, 0.05) is 41.9 Å². The van der Waals surface area contributed by atoms with Gasteiger partial charge in [-0.1, -0.05) is 22.0 Å². The number of nitrogens with zero attached hydrogens (tertiary/aromatic N) is 2. The first-order valence-electron chi connectivity index (χ1n) is 8.81. The van der Waals surface area contributed by atoms with E-state index in [1.807, 2.05) is 25.1 Å². The van der Waals surface area contributed by atoms with E-state index in [2.05, 4.69) is 21.2 Å². The molecule has 5 nitrogen and oxygen atoms in total. The molecule has 0 spiro atoms. The fraction of sp³-hybridized carbons (Fsp3) is 0.300. The Morgan fingerprint density at radius 1 is 1.00 bits per heavy atom. The topological polar surface area (TPSA) is 52.7 Å². The van der Waals surface area contributed by atoms with Gasteiger partial charge in [0.05, 0.1) is 0 Å². The van der Waals surface area contributed by atoms with Crippen molar-refractivity contribution < 1.29 is 14.0 Å². The Balaban J connectivity index is 1.62. The first-order valence-corrected chi connectivity index (χ1v) is 9.60. The van der Waals surface area contributed by atoms with Gasteiger partial charge in [-0.3, -0.25) is 4.79 Å². The second-order valence-electron chi connectivity index (χ2n) is 6.53. The molecule has 27 heavy (non-hydrogen) atoms. The highest BCUT2D eigenvalue weighted by Crippen LogP contribution is 2.21. The van der Waals surface area contributed by atoms with Crippen LogP contribution in [-0.4, -0.2) is 47.9 Å². The Morgan fingerprint density at radius 2 is 1.67 bits per heavy atom. The van der Waals surface area contributed by atoms with Gasteiger partial charge in [-0.2, -0.15) is 0 Å². The zero-order valence-corrected chi connectivity index (χ0v) is 16.6. The molecule has 3 amide bonds. The van der Waals surface area contributed by atoms with Crippen molar-refractivity contribution in [3.05, 3.63) is 63.9 Å². The lowest BCUT2D eigenvalue weighted by molar-refractivity contribution is 0.0762. The number of benzene rings is 2. The molecule has 0 saturated carbocycles. The number of nitrogens with one attached hydrogen (secondary N) is 1. The zero-order chi connectivity index (χ0) is 19.4. The predicted molar refractivity (Wildman–Crippen MR) is 106 cm³/mol. The number of carbonyl (C=O) groups is 2. The second-order valence-corrected chi connectivity index (χ2v) is 7.44. The molecular formula is C20H21BrFN3O2. The molecule has 2 aromatic carbocycles. The van der Waals surface area contributed by atoms with Gasteiger partial charge in [0.1, 0.15) is 5.82 Å². The van der Waals surface area contributed by atoms with Crippen molar-refractivity contribution in [2.75, 3.05) is 31.5 Å². The number of carbonyl (C=O) groups excluding carboxylic acids is 2. The van der Waals surface area contributed by atoms with Gasteiger partial charge < -0.3 is 15.1 Å². The van der Waals surface area contributed by atoms with Crippen LogP contribution in [0.4, 0.5) is 14.9 Å². The Bertz CT molecular complexity index is 842. The molecule has 0 atom stereocenters. The molecule has 3 rings (SSSR count). The van der Waals surface area contributed by atoms with E-state index in [-0.39, 0.29) is 17.8 Å². The van der Waals surface area contributed by atoms with Crippen LogP contribution in [0.3, 0.4) is 0 Å². The van der Waals surface area contributed by atoms with Gasteiger partial charge in [-0.05, 0) is 55.3 Å². The molecule has 1 saturated heterocycles. The van der Waals surface area contributed by atoms with Crippen molar-refractivity contribution in [2.45, 2.75) is 13.3 Å². The summed E-state index contributed by atoms with van der Waals surface area (Å²) in [5, 5.41) is 2.94. The van der Waals surface area contributed by atoms with Crippen LogP contribution in [0.1, 0.15) is 22.3 Å². The minimum absolute atomic E-state index is 0.139. The summed E-state index contributed by atoms with van der Waals surface area (Å²) >= 11 is 3.41. The van der Waals surface area contributed by atoms with E-state index in [1.165, 1.54) is 24.3 Å². The van der Waals surface area contributed by atoms with E-state index in [9.17, 15) is 14.0 Å². The fourth-order valence-corrected chi connectivity index (χ4v) is 3.38. The first kappa shape index (κ1) is 19.4. The predicted octanol–water partition coefficient (Wildman–Crippen LogP) is 4.28. The minimum atomic E-state index is -0.367. The number of aryl methyl sites for hydroxylation is 1. The maximum atomic E-state index is 13.1. The monoisotopic (exact) mass is 433 g/mol. The van der Waals surface area contributed by atoms with Gasteiger partial charge in [-0.15, -0.1) is 0 Å². The summed E-state index contributed by atoms with van der Waals surface area (Å²) in [6.45, 7) is 3.97. The average molecular weight is 434 g/mol. The van der Waals surface area contributed by atoms with E-state index >= 15 is 0 Å². The highest BCUT2D eigenvalue weighted by Gasteiger charge is 2.23. The smallest absolute Gasteiger partial charge is 0.321 e. The van der Waals surface area contributed by atoms with Gasteiger partial charge in [0.2, 0.25) is 0 Å². The third-order valence-corrected chi connectivity index (χ3v) is 5.10. The Morgan fingerprint density at radius 3 is 2.41 bits per heavy atom. The van der Waals surface area contributed by atoms with Gasteiger partial charge >= 0.3 is 6.03 Å². The minimum Gasteiger partial charge on any atom is -0.337 e. The summed E-state index contributed by atoms with van der Waals surface area (Å²) in [6.07, 6.45) is 0.692. The molecule has 7 heteroatoms. The first-order chi connectivity index (χ1) is 12.9. The lowest BCUT2D eigenvalue weighted by atomic mass is 10.2. The van der Waals surface area contributed by atoms with Gasteiger partial charge in [-0.25, -0.2) is 9.18 Å². The van der Waals surface area contributed by atoms with E-state index in [0.29, 0.717) is 38.2 Å². The van der Waals surface area contributed by atoms with E-state index < -0.39 is 0 Å². The van der Waals surface area contributed by atoms with E-state index in [4.69, 9.17) is 0 Å². The van der Waals surface area contributed by atoms with Crippen molar-refractivity contribution in [1.29, 1.82) is 0 Å². The maximum Gasteiger partial charge on any atom is 0.321 e. The second kappa shape index (κ2) is 8.52. The third kappa shape index (κ3) is 4.86. The molecule has 2 aromatic rings. The van der Waals surface area contributed by atoms with E-state index in [0.717, 1.165) is 15.7 Å². The van der Waals surface area contributed by atoms with Crippen LogP contribution < -0.4 is 5.32 Å². The molecule has 0 aliphatic carbocycles.